The van der Waals surface area contributed by atoms with Crippen molar-refractivity contribution < 1.29 is 4.79 Å². The molecule has 2 rings (SSSR count). The summed E-state index contributed by atoms with van der Waals surface area (Å²) in [5, 5.41) is 10.2. The van der Waals surface area contributed by atoms with Crippen molar-refractivity contribution in [3.05, 3.63) is 11.6 Å². The normalized spacial score (nSPS) is 19.3. The summed E-state index contributed by atoms with van der Waals surface area (Å²) in [7, 11) is 0. The topological polar surface area (TPSA) is 73.9 Å². The van der Waals surface area contributed by atoms with E-state index in [-0.39, 0.29) is 23.2 Å². The third kappa shape index (κ3) is 2.38. The van der Waals surface area contributed by atoms with Crippen molar-refractivity contribution in [1.82, 2.24) is 25.4 Å². The number of carbonyl (C=O) groups excluding carboxylic acids is 1. The minimum Gasteiger partial charge on any atom is -0.328 e. The third-order valence-corrected chi connectivity index (χ3v) is 3.29. The van der Waals surface area contributed by atoms with E-state index < -0.39 is 0 Å². The molecule has 1 aromatic rings. The highest BCUT2D eigenvalue weighted by atomic mass is 16.2. The summed E-state index contributed by atoms with van der Waals surface area (Å²) in [5.74, 6) is 1.18. The molecule has 0 aliphatic carbocycles. The number of H-pyrrole nitrogens is 1. The maximum Gasteiger partial charge on any atom is 0.294 e. The predicted octanol–water partition coefficient (Wildman–Crippen LogP) is 0.752. The van der Waals surface area contributed by atoms with Crippen molar-refractivity contribution in [2.45, 2.75) is 39.2 Å². The smallest absolute Gasteiger partial charge is 0.294 e. The van der Waals surface area contributed by atoms with Crippen LogP contribution in [0.15, 0.2) is 0 Å². The summed E-state index contributed by atoms with van der Waals surface area (Å²) in [6, 6.07) is 0. The first-order valence-corrected chi connectivity index (χ1v) is 6.37. The summed E-state index contributed by atoms with van der Waals surface area (Å²) in [6.45, 7) is 10.4. The van der Waals surface area contributed by atoms with Crippen LogP contribution in [-0.2, 0) is 0 Å². The fourth-order valence-electron chi connectivity index (χ4n) is 2.11. The summed E-state index contributed by atoms with van der Waals surface area (Å²) < 4.78 is 0. The molecule has 2 heterocycles. The average Bonchev–Trinajstić information content (AvgIpc) is 2.77. The molecular weight excluding hydrogens is 230 g/mol. The molecule has 1 aliphatic heterocycles. The Morgan fingerprint density at radius 2 is 2.17 bits per heavy atom. The van der Waals surface area contributed by atoms with Crippen LogP contribution in [0.5, 0.6) is 0 Å². The van der Waals surface area contributed by atoms with Gasteiger partial charge in [0.25, 0.3) is 5.91 Å². The van der Waals surface area contributed by atoms with Gasteiger partial charge in [0.15, 0.2) is 0 Å². The van der Waals surface area contributed by atoms with E-state index in [1.807, 2.05) is 32.6 Å². The lowest BCUT2D eigenvalue weighted by Crippen LogP contribution is -2.60. The largest absolute Gasteiger partial charge is 0.328 e. The Balaban J connectivity index is 2.19. The van der Waals surface area contributed by atoms with E-state index in [0.29, 0.717) is 6.54 Å². The van der Waals surface area contributed by atoms with Crippen LogP contribution in [0.25, 0.3) is 0 Å². The monoisotopic (exact) mass is 251 g/mol. The van der Waals surface area contributed by atoms with Gasteiger partial charge in [0.05, 0.1) is 5.54 Å². The lowest BCUT2D eigenvalue weighted by molar-refractivity contribution is 0.0465. The lowest BCUT2D eigenvalue weighted by atomic mass is 10.00. The molecule has 0 atom stereocenters. The number of aromatic nitrogens is 3. The molecule has 1 fully saturated rings. The highest BCUT2D eigenvalue weighted by Gasteiger charge is 2.35. The molecule has 1 amide bonds. The van der Waals surface area contributed by atoms with Gasteiger partial charge in [-0.2, -0.15) is 0 Å². The Morgan fingerprint density at radius 3 is 2.72 bits per heavy atom. The lowest BCUT2D eigenvalue weighted by Gasteiger charge is -2.42. The van der Waals surface area contributed by atoms with Crippen LogP contribution in [0.4, 0.5) is 0 Å². The zero-order valence-corrected chi connectivity index (χ0v) is 11.4. The number of hydrogen-bond donors (Lipinski definition) is 2. The number of nitrogens with zero attached hydrogens (tertiary/aromatic N) is 3. The van der Waals surface area contributed by atoms with Gasteiger partial charge in [-0.3, -0.25) is 9.89 Å². The Labute approximate surface area is 107 Å². The molecule has 1 aliphatic rings. The van der Waals surface area contributed by atoms with Crippen molar-refractivity contribution in [3.8, 4) is 0 Å². The molecule has 1 aromatic heterocycles. The van der Waals surface area contributed by atoms with Crippen LogP contribution >= 0.6 is 0 Å². The Bertz CT molecular complexity index is 437. The van der Waals surface area contributed by atoms with Gasteiger partial charge in [-0.25, -0.2) is 4.98 Å². The first kappa shape index (κ1) is 13.0. The van der Waals surface area contributed by atoms with Crippen molar-refractivity contribution in [2.24, 2.45) is 0 Å². The number of piperazine rings is 1. The van der Waals surface area contributed by atoms with Crippen LogP contribution in [-0.4, -0.2) is 51.2 Å². The van der Waals surface area contributed by atoms with Gasteiger partial charge in [-0.15, -0.1) is 5.10 Å². The van der Waals surface area contributed by atoms with Gasteiger partial charge in [0.2, 0.25) is 5.82 Å². The highest BCUT2D eigenvalue weighted by Crippen LogP contribution is 2.18. The molecule has 1 saturated heterocycles. The number of rotatable bonds is 2. The average molecular weight is 251 g/mol. The molecule has 100 valence electrons. The molecule has 0 spiro atoms. The van der Waals surface area contributed by atoms with Crippen LogP contribution in [0.2, 0.25) is 0 Å². The summed E-state index contributed by atoms with van der Waals surface area (Å²) in [4.78, 5) is 18.5. The summed E-state index contributed by atoms with van der Waals surface area (Å²) >= 11 is 0. The second kappa shape index (κ2) is 4.68. The van der Waals surface area contributed by atoms with E-state index in [1.54, 1.807) is 0 Å². The molecule has 6 heteroatoms. The minimum atomic E-state index is -0.200. The van der Waals surface area contributed by atoms with Crippen molar-refractivity contribution in [2.75, 3.05) is 19.6 Å². The van der Waals surface area contributed by atoms with Gasteiger partial charge in [0, 0.05) is 25.6 Å². The number of nitrogens with one attached hydrogen (secondary N) is 2. The number of aromatic amines is 1. The minimum absolute atomic E-state index is 0.0929. The highest BCUT2D eigenvalue weighted by molar-refractivity contribution is 5.91. The van der Waals surface area contributed by atoms with Crippen LogP contribution in [0.3, 0.4) is 0 Å². The Hall–Kier alpha value is -1.43. The molecule has 0 aromatic carbocycles. The van der Waals surface area contributed by atoms with Crippen molar-refractivity contribution in [3.63, 3.8) is 0 Å². The Morgan fingerprint density at radius 1 is 1.44 bits per heavy atom. The number of carbonyl (C=O) groups is 1. The summed E-state index contributed by atoms with van der Waals surface area (Å²) in [6.07, 6.45) is 0. The van der Waals surface area contributed by atoms with E-state index in [1.165, 1.54) is 0 Å². The van der Waals surface area contributed by atoms with Crippen molar-refractivity contribution in [1.29, 1.82) is 0 Å². The zero-order valence-electron chi connectivity index (χ0n) is 11.4. The molecule has 2 N–H and O–H groups in total. The maximum absolute atomic E-state index is 12.4. The van der Waals surface area contributed by atoms with E-state index in [9.17, 15) is 4.79 Å². The molecule has 6 nitrogen and oxygen atoms in total. The molecule has 0 unspecified atom stereocenters. The number of hydrogen-bond acceptors (Lipinski definition) is 4. The second-order valence-corrected chi connectivity index (χ2v) is 5.64. The standard InChI is InChI=1S/C12H21N5O/c1-8(2)9-14-10(16-15-9)11(18)17-6-5-13-7-12(17,3)4/h8,13H,5-7H2,1-4H3,(H,14,15,16). The van der Waals surface area contributed by atoms with Gasteiger partial charge in [-0.05, 0) is 13.8 Å². The van der Waals surface area contributed by atoms with Gasteiger partial charge < -0.3 is 10.2 Å². The maximum atomic E-state index is 12.4. The zero-order chi connectivity index (χ0) is 13.3. The fourth-order valence-corrected chi connectivity index (χ4v) is 2.11. The van der Waals surface area contributed by atoms with Gasteiger partial charge in [-0.1, -0.05) is 13.8 Å². The molecule has 18 heavy (non-hydrogen) atoms. The summed E-state index contributed by atoms with van der Waals surface area (Å²) in [5.41, 5.74) is -0.200. The van der Waals surface area contributed by atoms with Crippen LogP contribution in [0, 0.1) is 0 Å². The second-order valence-electron chi connectivity index (χ2n) is 5.64. The Kier molecular flexibility index (Phi) is 3.38. The van der Waals surface area contributed by atoms with Crippen molar-refractivity contribution >= 4 is 5.91 Å². The van der Waals surface area contributed by atoms with E-state index in [0.717, 1.165) is 18.9 Å². The fraction of sp³-hybridized carbons (Fsp3) is 0.750. The molecule has 0 saturated carbocycles. The van der Waals surface area contributed by atoms with E-state index in [4.69, 9.17) is 0 Å². The third-order valence-electron chi connectivity index (χ3n) is 3.29. The van der Waals surface area contributed by atoms with Gasteiger partial charge >= 0.3 is 0 Å². The predicted molar refractivity (Wildman–Crippen MR) is 68.5 cm³/mol. The van der Waals surface area contributed by atoms with Gasteiger partial charge in [0.1, 0.15) is 5.82 Å². The first-order chi connectivity index (χ1) is 8.42. The number of amides is 1. The quantitative estimate of drug-likeness (QED) is 0.813. The SMILES string of the molecule is CC(C)c1nc(C(=O)N2CCNCC2(C)C)n[nH]1. The first-order valence-electron chi connectivity index (χ1n) is 6.37. The van der Waals surface area contributed by atoms with Crippen LogP contribution < -0.4 is 5.32 Å². The molecule has 0 radical (unpaired) electrons. The van der Waals surface area contributed by atoms with Crippen LogP contribution in [0.1, 0.15) is 50.1 Å². The molecule has 0 bridgehead atoms. The van der Waals surface area contributed by atoms with E-state index in [2.05, 4.69) is 20.5 Å². The molecular formula is C12H21N5O. The van der Waals surface area contributed by atoms with E-state index >= 15 is 0 Å².